The predicted octanol–water partition coefficient (Wildman–Crippen LogP) is 5.12. The summed E-state index contributed by atoms with van der Waals surface area (Å²) < 4.78 is 31.2. The van der Waals surface area contributed by atoms with Gasteiger partial charge in [-0.25, -0.2) is 8.42 Å². The van der Waals surface area contributed by atoms with Crippen molar-refractivity contribution in [2.24, 2.45) is 0 Å². The molecule has 0 saturated heterocycles. The van der Waals surface area contributed by atoms with E-state index in [9.17, 15) is 22.9 Å². The second-order valence-electron chi connectivity index (χ2n) is 8.61. The maximum atomic E-state index is 11.2. The molecule has 2 aromatic rings. The molecule has 0 aliphatic rings. The van der Waals surface area contributed by atoms with Crippen molar-refractivity contribution in [3.05, 3.63) is 65.7 Å². The summed E-state index contributed by atoms with van der Waals surface area (Å²) in [6, 6.07) is 14.9. The summed E-state index contributed by atoms with van der Waals surface area (Å²) in [7, 11) is -4.27. The molecule has 2 aromatic carbocycles. The minimum absolute atomic E-state index is 0. The summed E-state index contributed by atoms with van der Waals surface area (Å²) in [6.07, 6.45) is 12.0. The van der Waals surface area contributed by atoms with Crippen LogP contribution in [0.1, 0.15) is 75.8 Å². The number of aliphatic carboxylic acids is 1. The van der Waals surface area contributed by atoms with Crippen LogP contribution in [0.25, 0.3) is 0 Å². The number of hydrogen-bond acceptors (Lipinski definition) is 6. The standard InChI is InChI=1S/C20H33NO2.C7H8O3S.2H3N/c1-2-3-4-5-6-7-8-9-13-16-21-19(20(22)23)17-18-14-11-10-12-15-18;1-6-2-4-7(5-3-6)11(8,9)10;;/h10-12,14-15,19,21H,2-9,13,16-17H2,1H3,(H,22,23);2-5H,1H3,(H,8,9,10);2*1H3/t19-;;;/m0.../s1. The second-order valence-corrected chi connectivity index (χ2v) is 9.99. The third-order valence-electron chi connectivity index (χ3n) is 5.55. The van der Waals surface area contributed by atoms with Crippen molar-refractivity contribution in [3.63, 3.8) is 0 Å². The van der Waals surface area contributed by atoms with Gasteiger partial charge in [-0.1, -0.05) is 106 Å². The number of nitrogens with one attached hydrogen (secondary N) is 1. The first-order valence-electron chi connectivity index (χ1n) is 12.2. The van der Waals surface area contributed by atoms with Crippen molar-refractivity contribution in [1.29, 1.82) is 0 Å². The van der Waals surface area contributed by atoms with Gasteiger partial charge in [0, 0.05) is 0 Å². The summed E-state index contributed by atoms with van der Waals surface area (Å²) in [5.74, 6) is -1.01. The molecule has 0 unspecified atom stereocenters. The van der Waals surface area contributed by atoms with Crippen LogP contribution in [-0.2, 0) is 21.3 Å². The number of carbonyl (C=O) groups excluding carboxylic acids is 1. The third kappa shape index (κ3) is 17.2. The minimum atomic E-state index is -4.27. The number of unbranched alkanes of at least 4 members (excludes halogenated alkanes) is 8. The van der Waals surface area contributed by atoms with Gasteiger partial charge in [0.1, 0.15) is 10.1 Å². The summed E-state index contributed by atoms with van der Waals surface area (Å²) >= 11 is 0. The lowest BCUT2D eigenvalue weighted by Gasteiger charge is -2.19. The molecule has 0 aliphatic heterocycles. The van der Waals surface area contributed by atoms with E-state index in [0.29, 0.717) is 6.42 Å². The van der Waals surface area contributed by atoms with Crippen LogP contribution in [0.3, 0.4) is 0 Å². The van der Waals surface area contributed by atoms with Crippen LogP contribution in [0, 0.1) is 6.92 Å². The molecule has 206 valence electrons. The highest BCUT2D eigenvalue weighted by atomic mass is 32.2. The highest BCUT2D eigenvalue weighted by Crippen LogP contribution is 2.10. The van der Waals surface area contributed by atoms with Crippen LogP contribution in [0.4, 0.5) is 0 Å². The van der Waals surface area contributed by atoms with Gasteiger partial charge in [-0.3, -0.25) is 0 Å². The number of benzene rings is 2. The second kappa shape index (κ2) is 20.8. The van der Waals surface area contributed by atoms with Crippen molar-refractivity contribution < 1.29 is 22.9 Å². The summed E-state index contributed by atoms with van der Waals surface area (Å²) in [6.45, 7) is 4.81. The third-order valence-corrected chi connectivity index (χ3v) is 6.40. The maximum absolute atomic E-state index is 11.2. The zero-order valence-corrected chi connectivity index (χ0v) is 23.3. The molecule has 0 fully saturated rings. The number of aryl methyl sites for hydroxylation is 1. The summed E-state index contributed by atoms with van der Waals surface area (Å²) in [5.41, 5.74) is 1.96. The molecule has 0 spiro atoms. The number of carbonyl (C=O) groups is 1. The highest BCUT2D eigenvalue weighted by molar-refractivity contribution is 7.85. The van der Waals surface area contributed by atoms with E-state index in [1.165, 1.54) is 63.5 Å². The van der Waals surface area contributed by atoms with Crippen molar-refractivity contribution in [2.45, 2.75) is 89.0 Å². The van der Waals surface area contributed by atoms with Gasteiger partial charge in [-0.2, -0.15) is 0 Å². The Hall–Kier alpha value is -2.30. The van der Waals surface area contributed by atoms with Crippen LogP contribution in [-0.4, -0.2) is 31.5 Å². The number of rotatable bonds is 15. The monoisotopic (exact) mass is 525 g/mol. The SMILES string of the molecule is CCCCCCCCCCCN[C@@H](Cc1ccccc1)C(=O)[O-].Cc1ccc(S(=O)(=O)[O-])cc1.[NH4+].[NH4+]. The minimum Gasteiger partial charge on any atom is -0.744 e. The quantitative estimate of drug-likeness (QED) is 0.214. The number of quaternary nitrogens is 2. The van der Waals surface area contributed by atoms with Crippen molar-refractivity contribution in [1.82, 2.24) is 17.6 Å². The topological polar surface area (TPSA) is 182 Å². The molecule has 36 heavy (non-hydrogen) atoms. The van der Waals surface area contributed by atoms with Gasteiger partial charge in [0.2, 0.25) is 0 Å². The first-order valence-corrected chi connectivity index (χ1v) is 13.7. The van der Waals surface area contributed by atoms with E-state index < -0.39 is 22.1 Å². The molecule has 0 heterocycles. The Morgan fingerprint density at radius 1 is 0.833 bits per heavy atom. The van der Waals surface area contributed by atoms with Crippen molar-refractivity contribution in [2.75, 3.05) is 6.54 Å². The maximum Gasteiger partial charge on any atom is 0.124 e. The molecular formula is C27H47N3O5S. The number of hydrogen-bond donors (Lipinski definition) is 3. The normalized spacial score (nSPS) is 11.3. The van der Waals surface area contributed by atoms with Gasteiger partial charge in [0.25, 0.3) is 0 Å². The zero-order chi connectivity index (χ0) is 25.2. The summed E-state index contributed by atoms with van der Waals surface area (Å²) in [5, 5.41) is 14.3. The Kier molecular flexibility index (Phi) is 20.8. The lowest BCUT2D eigenvalue weighted by atomic mass is 10.1. The molecule has 9 heteroatoms. The van der Waals surface area contributed by atoms with Crippen molar-refractivity contribution in [3.8, 4) is 0 Å². The smallest absolute Gasteiger partial charge is 0.124 e. The van der Waals surface area contributed by atoms with E-state index >= 15 is 0 Å². The molecule has 1 atom stereocenters. The Morgan fingerprint density at radius 3 is 1.81 bits per heavy atom. The van der Waals surface area contributed by atoms with E-state index in [1.807, 2.05) is 37.3 Å². The highest BCUT2D eigenvalue weighted by Gasteiger charge is 2.09. The van der Waals surface area contributed by atoms with Gasteiger partial charge in [-0.05, 0) is 44.0 Å². The van der Waals surface area contributed by atoms with E-state index in [1.54, 1.807) is 12.1 Å². The van der Waals surface area contributed by atoms with Crippen LogP contribution in [0.15, 0.2) is 59.5 Å². The van der Waals surface area contributed by atoms with Crippen molar-refractivity contribution >= 4 is 16.1 Å². The lowest BCUT2D eigenvalue weighted by molar-refractivity contribution is -0.308. The average molecular weight is 526 g/mol. The molecule has 0 aliphatic carbocycles. The van der Waals surface area contributed by atoms with Gasteiger partial charge in [0.15, 0.2) is 0 Å². The molecule has 0 bridgehead atoms. The average Bonchev–Trinajstić information content (AvgIpc) is 2.80. The first-order chi connectivity index (χ1) is 16.2. The molecule has 2 rings (SSSR count). The van der Waals surface area contributed by atoms with E-state index in [2.05, 4.69) is 12.2 Å². The number of carboxylic acids is 1. The van der Waals surface area contributed by atoms with Gasteiger partial charge in [-0.15, -0.1) is 0 Å². The fourth-order valence-electron chi connectivity index (χ4n) is 3.51. The first kappa shape index (κ1) is 35.9. The zero-order valence-electron chi connectivity index (χ0n) is 22.5. The molecule has 0 amide bonds. The van der Waals surface area contributed by atoms with Crippen LogP contribution < -0.4 is 22.7 Å². The Morgan fingerprint density at radius 2 is 1.33 bits per heavy atom. The summed E-state index contributed by atoms with van der Waals surface area (Å²) in [4.78, 5) is 11.0. The molecule has 0 saturated carbocycles. The van der Waals surface area contributed by atoms with E-state index in [4.69, 9.17) is 0 Å². The molecular weight excluding hydrogens is 478 g/mol. The molecule has 8 nitrogen and oxygen atoms in total. The molecule has 9 N–H and O–H groups in total. The van der Waals surface area contributed by atoms with E-state index in [0.717, 1.165) is 24.1 Å². The Balaban J connectivity index is 0. The van der Waals surface area contributed by atoms with Gasteiger partial charge in [0.05, 0.1) is 16.9 Å². The fourth-order valence-corrected chi connectivity index (χ4v) is 3.97. The molecule has 0 aromatic heterocycles. The molecule has 0 radical (unpaired) electrons. The fraction of sp³-hybridized carbons (Fsp3) is 0.519. The number of carboxylic acid groups (broad SMARTS) is 1. The largest absolute Gasteiger partial charge is 0.744 e. The predicted molar refractivity (Wildman–Crippen MR) is 145 cm³/mol. The Bertz CT molecular complexity index is 907. The van der Waals surface area contributed by atoms with Crippen LogP contribution >= 0.6 is 0 Å². The van der Waals surface area contributed by atoms with Gasteiger partial charge >= 0.3 is 0 Å². The van der Waals surface area contributed by atoms with Crippen LogP contribution in [0.5, 0.6) is 0 Å². The van der Waals surface area contributed by atoms with E-state index in [-0.39, 0.29) is 17.2 Å². The Labute approximate surface area is 217 Å². The van der Waals surface area contributed by atoms with Gasteiger partial charge < -0.3 is 32.1 Å². The lowest BCUT2D eigenvalue weighted by Crippen LogP contribution is -2.47. The van der Waals surface area contributed by atoms with Crippen LogP contribution in [0.2, 0.25) is 0 Å².